The van der Waals surface area contributed by atoms with Gasteiger partial charge in [-0.25, -0.2) is 0 Å². The Morgan fingerprint density at radius 3 is 2.81 bits per heavy atom. The van der Waals surface area contributed by atoms with Crippen LogP contribution in [0.5, 0.6) is 0 Å². The Morgan fingerprint density at radius 1 is 1.19 bits per heavy atom. The Morgan fingerprint density at radius 2 is 2.10 bits per heavy atom. The number of rotatable bonds is 5. The molecule has 21 heavy (non-hydrogen) atoms. The van der Waals surface area contributed by atoms with E-state index in [0.717, 1.165) is 35.9 Å². The van der Waals surface area contributed by atoms with E-state index in [9.17, 15) is 0 Å². The summed E-state index contributed by atoms with van der Waals surface area (Å²) in [6.07, 6.45) is 5.53. The van der Waals surface area contributed by atoms with Crippen molar-refractivity contribution in [1.29, 1.82) is 0 Å². The average molecular weight is 282 g/mol. The van der Waals surface area contributed by atoms with Gasteiger partial charge in [-0.3, -0.25) is 15.0 Å². The highest BCUT2D eigenvalue weighted by atomic mass is 16.3. The molecule has 0 bridgehead atoms. The van der Waals surface area contributed by atoms with E-state index < -0.39 is 0 Å². The molecule has 3 aromatic rings. The molecule has 0 radical (unpaired) electrons. The number of nitrogens with zero attached hydrogens (tertiary/aromatic N) is 3. The highest BCUT2D eigenvalue weighted by molar-refractivity contribution is 5.56. The van der Waals surface area contributed by atoms with E-state index >= 15 is 0 Å². The van der Waals surface area contributed by atoms with Crippen molar-refractivity contribution in [3.8, 4) is 11.5 Å². The van der Waals surface area contributed by atoms with Crippen molar-refractivity contribution in [2.45, 2.75) is 20.0 Å². The molecule has 5 heteroatoms. The van der Waals surface area contributed by atoms with Gasteiger partial charge < -0.3 is 4.42 Å². The van der Waals surface area contributed by atoms with Crippen LogP contribution in [-0.4, -0.2) is 27.1 Å². The van der Waals surface area contributed by atoms with Crippen molar-refractivity contribution < 1.29 is 4.42 Å². The van der Waals surface area contributed by atoms with Crippen LogP contribution in [0.2, 0.25) is 0 Å². The molecule has 0 fully saturated rings. The molecule has 5 nitrogen and oxygen atoms in total. The van der Waals surface area contributed by atoms with Gasteiger partial charge in [-0.15, -0.1) is 0 Å². The van der Waals surface area contributed by atoms with Crippen LogP contribution >= 0.6 is 0 Å². The zero-order chi connectivity index (χ0) is 14.7. The first-order valence-corrected chi connectivity index (χ1v) is 6.89. The highest BCUT2D eigenvalue weighted by Gasteiger charge is 2.13. The molecule has 0 spiro atoms. The molecular formula is C16H18N4O. The number of aromatic amines is 1. The van der Waals surface area contributed by atoms with E-state index in [4.69, 9.17) is 4.42 Å². The number of aromatic nitrogens is 3. The fourth-order valence-electron chi connectivity index (χ4n) is 2.36. The maximum atomic E-state index is 5.67. The average Bonchev–Trinajstić information content (AvgIpc) is 3.08. The largest absolute Gasteiger partial charge is 0.460 e. The molecule has 0 aliphatic carbocycles. The third-order valence-electron chi connectivity index (χ3n) is 3.32. The highest BCUT2D eigenvalue weighted by Crippen LogP contribution is 2.24. The van der Waals surface area contributed by atoms with Gasteiger partial charge in [0.05, 0.1) is 6.20 Å². The van der Waals surface area contributed by atoms with Gasteiger partial charge >= 0.3 is 0 Å². The van der Waals surface area contributed by atoms with E-state index in [2.05, 4.69) is 33.2 Å². The maximum Gasteiger partial charge on any atom is 0.152 e. The number of nitrogens with one attached hydrogen (secondary N) is 1. The van der Waals surface area contributed by atoms with Gasteiger partial charge in [-0.1, -0.05) is 6.07 Å². The van der Waals surface area contributed by atoms with Gasteiger partial charge in [0.25, 0.3) is 0 Å². The predicted molar refractivity (Wildman–Crippen MR) is 80.4 cm³/mol. The second kappa shape index (κ2) is 5.93. The van der Waals surface area contributed by atoms with Crippen LogP contribution in [0.1, 0.15) is 16.9 Å². The monoisotopic (exact) mass is 282 g/mol. The molecule has 0 amide bonds. The zero-order valence-corrected chi connectivity index (χ0v) is 12.2. The summed E-state index contributed by atoms with van der Waals surface area (Å²) in [4.78, 5) is 6.37. The molecule has 0 atom stereocenters. The summed E-state index contributed by atoms with van der Waals surface area (Å²) >= 11 is 0. The summed E-state index contributed by atoms with van der Waals surface area (Å²) in [5.74, 6) is 1.73. The third kappa shape index (κ3) is 3.20. The molecule has 3 rings (SSSR count). The lowest BCUT2D eigenvalue weighted by Crippen LogP contribution is -2.17. The second-order valence-corrected chi connectivity index (χ2v) is 5.21. The minimum absolute atomic E-state index is 0.792. The Hall–Kier alpha value is -2.40. The number of hydrogen-bond donors (Lipinski definition) is 1. The number of H-pyrrole nitrogens is 1. The number of hydrogen-bond acceptors (Lipinski definition) is 4. The lowest BCUT2D eigenvalue weighted by Gasteiger charge is -2.16. The van der Waals surface area contributed by atoms with Crippen LogP contribution in [0.15, 0.2) is 47.3 Å². The van der Waals surface area contributed by atoms with Crippen LogP contribution in [-0.2, 0) is 13.1 Å². The summed E-state index contributed by atoms with van der Waals surface area (Å²) in [6, 6.07) is 7.96. The standard InChI is InChI=1S/C16H18N4O/c1-12-5-6-15(21-12)16-14(9-18-19-16)11-20(2)10-13-4-3-7-17-8-13/h3-9H,10-11H2,1-2H3,(H,18,19). The topological polar surface area (TPSA) is 58.0 Å². The molecule has 3 heterocycles. The predicted octanol–water partition coefficient (Wildman–Crippen LogP) is 3.01. The van der Waals surface area contributed by atoms with E-state index in [0.29, 0.717) is 0 Å². The minimum atomic E-state index is 0.792. The lowest BCUT2D eigenvalue weighted by molar-refractivity contribution is 0.319. The molecule has 1 N–H and O–H groups in total. The Kier molecular flexibility index (Phi) is 3.83. The summed E-state index contributed by atoms with van der Waals surface area (Å²) < 4.78 is 5.67. The second-order valence-electron chi connectivity index (χ2n) is 5.21. The minimum Gasteiger partial charge on any atom is -0.460 e. The van der Waals surface area contributed by atoms with Crippen LogP contribution < -0.4 is 0 Å². The van der Waals surface area contributed by atoms with Gasteiger partial charge in [-0.2, -0.15) is 5.10 Å². The zero-order valence-electron chi connectivity index (χ0n) is 12.2. The molecule has 0 aromatic carbocycles. The molecule has 0 aliphatic rings. The Labute approximate surface area is 123 Å². The van der Waals surface area contributed by atoms with Crippen LogP contribution in [0.3, 0.4) is 0 Å². The van der Waals surface area contributed by atoms with Crippen molar-refractivity contribution in [2.24, 2.45) is 0 Å². The first kappa shape index (κ1) is 13.6. The van der Waals surface area contributed by atoms with E-state index in [-0.39, 0.29) is 0 Å². The number of aryl methyl sites for hydroxylation is 1. The first-order valence-electron chi connectivity index (χ1n) is 6.89. The molecule has 0 saturated carbocycles. The van der Waals surface area contributed by atoms with Crippen LogP contribution in [0, 0.1) is 6.92 Å². The summed E-state index contributed by atoms with van der Waals surface area (Å²) in [6.45, 7) is 3.57. The molecule has 0 saturated heterocycles. The molecule has 0 aliphatic heterocycles. The summed E-state index contributed by atoms with van der Waals surface area (Å²) in [7, 11) is 2.08. The summed E-state index contributed by atoms with van der Waals surface area (Å²) in [5, 5.41) is 7.17. The quantitative estimate of drug-likeness (QED) is 0.781. The SMILES string of the molecule is Cc1ccc(-c2[nH]ncc2CN(C)Cc2cccnc2)o1. The van der Waals surface area contributed by atoms with Crippen molar-refractivity contribution in [3.63, 3.8) is 0 Å². The van der Waals surface area contributed by atoms with E-state index in [1.54, 1.807) is 6.20 Å². The molecule has 0 unspecified atom stereocenters. The van der Waals surface area contributed by atoms with E-state index in [1.807, 2.05) is 37.5 Å². The maximum absolute atomic E-state index is 5.67. The van der Waals surface area contributed by atoms with Crippen molar-refractivity contribution in [3.05, 3.63) is 59.7 Å². The third-order valence-corrected chi connectivity index (χ3v) is 3.32. The number of pyridine rings is 1. The normalized spacial score (nSPS) is 11.2. The van der Waals surface area contributed by atoms with Crippen molar-refractivity contribution in [1.82, 2.24) is 20.1 Å². The Bertz CT molecular complexity index is 702. The number of furan rings is 1. The fraction of sp³-hybridized carbons (Fsp3) is 0.250. The van der Waals surface area contributed by atoms with Crippen LogP contribution in [0.25, 0.3) is 11.5 Å². The molecule has 3 aromatic heterocycles. The smallest absolute Gasteiger partial charge is 0.152 e. The first-order chi connectivity index (χ1) is 10.2. The van der Waals surface area contributed by atoms with Gasteiger partial charge in [0.2, 0.25) is 0 Å². The van der Waals surface area contributed by atoms with Crippen molar-refractivity contribution >= 4 is 0 Å². The van der Waals surface area contributed by atoms with Gasteiger partial charge in [-0.05, 0) is 37.7 Å². The summed E-state index contributed by atoms with van der Waals surface area (Å²) in [5.41, 5.74) is 3.26. The molecule has 108 valence electrons. The van der Waals surface area contributed by atoms with E-state index in [1.165, 1.54) is 5.56 Å². The lowest BCUT2D eigenvalue weighted by atomic mass is 10.2. The van der Waals surface area contributed by atoms with Gasteiger partial charge in [0.15, 0.2) is 5.76 Å². The van der Waals surface area contributed by atoms with Gasteiger partial charge in [0, 0.05) is 31.0 Å². The van der Waals surface area contributed by atoms with Crippen molar-refractivity contribution in [2.75, 3.05) is 7.05 Å². The van der Waals surface area contributed by atoms with Gasteiger partial charge in [0.1, 0.15) is 11.5 Å². The van der Waals surface area contributed by atoms with Crippen LogP contribution in [0.4, 0.5) is 0 Å². The molecular weight excluding hydrogens is 264 g/mol. The Balaban J connectivity index is 1.72. The fourth-order valence-corrected chi connectivity index (χ4v) is 2.36.